The van der Waals surface area contributed by atoms with Crippen LogP contribution in [-0.4, -0.2) is 87.3 Å². The number of rotatable bonds is 7. The van der Waals surface area contributed by atoms with Gasteiger partial charge >= 0.3 is 0 Å². The van der Waals surface area contributed by atoms with Gasteiger partial charge in [-0.1, -0.05) is 18.2 Å². The lowest BCUT2D eigenvalue weighted by atomic mass is 10.0. The lowest BCUT2D eigenvalue weighted by Gasteiger charge is -2.38. The number of methoxy groups -OCH3 is 1. The normalized spacial score (nSPS) is 20.7. The lowest BCUT2D eigenvalue weighted by Crippen LogP contribution is -2.55. The largest absolute Gasteiger partial charge is 0.383 e. The highest BCUT2D eigenvalue weighted by Gasteiger charge is 2.27. The topological polar surface area (TPSA) is 48.1 Å². The van der Waals surface area contributed by atoms with Crippen LogP contribution in [0.25, 0.3) is 0 Å². The fourth-order valence-electron chi connectivity index (χ4n) is 4.07. The number of hydrogen-bond acceptors (Lipinski definition) is 5. The molecule has 6 heteroatoms. The summed E-state index contributed by atoms with van der Waals surface area (Å²) in [6.45, 7) is 9.38. The van der Waals surface area contributed by atoms with Gasteiger partial charge in [0.25, 0.3) is 0 Å². The molecule has 0 spiro atoms. The third kappa shape index (κ3) is 5.67. The second kappa shape index (κ2) is 10.1. The van der Waals surface area contributed by atoms with Crippen LogP contribution in [0.5, 0.6) is 0 Å². The SMILES string of the molecule is COCCN1CCC(NC(C)C(=O)N2CCN(c3ccccc3)CC2)CC1. The number of amides is 1. The quantitative estimate of drug-likeness (QED) is 0.782. The molecule has 27 heavy (non-hydrogen) atoms. The van der Waals surface area contributed by atoms with Gasteiger partial charge in [0.15, 0.2) is 0 Å². The molecular weight excluding hydrogens is 340 g/mol. The van der Waals surface area contributed by atoms with Crippen LogP contribution in [0, 0.1) is 0 Å². The second-order valence-electron chi connectivity index (χ2n) is 7.64. The standard InChI is InChI=1S/C21H34N4O2/c1-18(22-19-8-10-23(11-9-19)16-17-27-2)21(26)25-14-12-24(13-15-25)20-6-4-3-5-7-20/h3-7,18-19,22H,8-17H2,1-2H3. The summed E-state index contributed by atoms with van der Waals surface area (Å²) in [5.41, 5.74) is 1.25. The van der Waals surface area contributed by atoms with Crippen molar-refractivity contribution in [3.63, 3.8) is 0 Å². The van der Waals surface area contributed by atoms with Gasteiger partial charge in [-0.2, -0.15) is 0 Å². The van der Waals surface area contributed by atoms with Crippen molar-refractivity contribution in [1.29, 1.82) is 0 Å². The molecule has 0 bridgehead atoms. The summed E-state index contributed by atoms with van der Waals surface area (Å²) >= 11 is 0. The molecule has 1 atom stereocenters. The Kier molecular flexibility index (Phi) is 7.50. The number of benzene rings is 1. The van der Waals surface area contributed by atoms with Crippen molar-refractivity contribution < 1.29 is 9.53 Å². The fraction of sp³-hybridized carbons (Fsp3) is 0.667. The number of para-hydroxylation sites is 1. The first-order chi connectivity index (χ1) is 13.2. The predicted octanol–water partition coefficient (Wildman–Crippen LogP) is 1.42. The average molecular weight is 375 g/mol. The zero-order chi connectivity index (χ0) is 19.1. The molecule has 1 amide bonds. The molecule has 0 radical (unpaired) electrons. The van der Waals surface area contributed by atoms with Crippen molar-refractivity contribution in [2.24, 2.45) is 0 Å². The van der Waals surface area contributed by atoms with E-state index in [1.165, 1.54) is 5.69 Å². The molecule has 1 aromatic rings. The van der Waals surface area contributed by atoms with E-state index in [2.05, 4.69) is 39.4 Å². The third-order valence-electron chi connectivity index (χ3n) is 5.77. The first-order valence-corrected chi connectivity index (χ1v) is 10.2. The van der Waals surface area contributed by atoms with Gasteiger partial charge in [-0.15, -0.1) is 0 Å². The number of likely N-dealkylation sites (tertiary alicyclic amines) is 1. The Hall–Kier alpha value is -1.63. The van der Waals surface area contributed by atoms with Crippen LogP contribution in [0.1, 0.15) is 19.8 Å². The summed E-state index contributed by atoms with van der Waals surface area (Å²) in [6, 6.07) is 10.8. The first kappa shape index (κ1) is 20.1. The minimum atomic E-state index is -0.108. The molecule has 150 valence electrons. The lowest BCUT2D eigenvalue weighted by molar-refractivity contribution is -0.133. The molecule has 2 saturated heterocycles. The molecule has 1 N–H and O–H groups in total. The monoisotopic (exact) mass is 374 g/mol. The number of anilines is 1. The molecule has 1 aromatic carbocycles. The van der Waals surface area contributed by atoms with Gasteiger partial charge in [0.05, 0.1) is 12.6 Å². The van der Waals surface area contributed by atoms with Crippen LogP contribution in [0.15, 0.2) is 30.3 Å². The molecular formula is C21H34N4O2. The highest BCUT2D eigenvalue weighted by Crippen LogP contribution is 2.16. The maximum atomic E-state index is 12.8. The van der Waals surface area contributed by atoms with Crippen LogP contribution in [0.2, 0.25) is 0 Å². The van der Waals surface area contributed by atoms with Crippen LogP contribution in [0.4, 0.5) is 5.69 Å². The number of nitrogens with one attached hydrogen (secondary N) is 1. The van der Waals surface area contributed by atoms with Crippen LogP contribution in [0.3, 0.4) is 0 Å². The number of piperidine rings is 1. The van der Waals surface area contributed by atoms with E-state index < -0.39 is 0 Å². The van der Waals surface area contributed by atoms with E-state index in [9.17, 15) is 4.79 Å². The van der Waals surface area contributed by atoms with Gasteiger partial charge in [-0.25, -0.2) is 0 Å². The number of ether oxygens (including phenoxy) is 1. The summed E-state index contributed by atoms with van der Waals surface area (Å²) in [6.07, 6.45) is 2.20. The number of hydrogen-bond donors (Lipinski definition) is 1. The minimum Gasteiger partial charge on any atom is -0.383 e. The van der Waals surface area contributed by atoms with E-state index in [1.807, 2.05) is 17.9 Å². The second-order valence-corrected chi connectivity index (χ2v) is 7.64. The van der Waals surface area contributed by atoms with E-state index in [4.69, 9.17) is 4.74 Å². The zero-order valence-corrected chi connectivity index (χ0v) is 16.8. The van der Waals surface area contributed by atoms with Gasteiger partial charge in [0.2, 0.25) is 5.91 Å². The van der Waals surface area contributed by atoms with Gasteiger partial charge in [0, 0.05) is 51.6 Å². The van der Waals surface area contributed by atoms with E-state index >= 15 is 0 Å². The fourth-order valence-corrected chi connectivity index (χ4v) is 4.07. The molecule has 2 fully saturated rings. The highest BCUT2D eigenvalue weighted by molar-refractivity contribution is 5.81. The Balaban J connectivity index is 1.40. The van der Waals surface area contributed by atoms with Gasteiger partial charge in [-0.3, -0.25) is 4.79 Å². The molecule has 0 saturated carbocycles. The summed E-state index contributed by atoms with van der Waals surface area (Å²) in [5.74, 6) is 0.240. The Bertz CT molecular complexity index is 567. The van der Waals surface area contributed by atoms with Crippen molar-refractivity contribution in [3.8, 4) is 0 Å². The Morgan fingerprint density at radius 1 is 1.11 bits per heavy atom. The van der Waals surface area contributed by atoms with Crippen LogP contribution in [-0.2, 0) is 9.53 Å². The summed E-state index contributed by atoms with van der Waals surface area (Å²) in [5, 5.41) is 3.57. The average Bonchev–Trinajstić information content (AvgIpc) is 2.73. The van der Waals surface area contributed by atoms with Crippen molar-refractivity contribution in [3.05, 3.63) is 30.3 Å². The van der Waals surface area contributed by atoms with E-state index in [-0.39, 0.29) is 11.9 Å². The van der Waals surface area contributed by atoms with Gasteiger partial charge in [-0.05, 0) is 45.0 Å². The predicted molar refractivity (Wildman–Crippen MR) is 109 cm³/mol. The molecule has 6 nitrogen and oxygen atoms in total. The van der Waals surface area contributed by atoms with Crippen molar-refractivity contribution >= 4 is 11.6 Å². The molecule has 0 aliphatic carbocycles. The van der Waals surface area contributed by atoms with E-state index in [1.54, 1.807) is 7.11 Å². The van der Waals surface area contributed by atoms with Gasteiger partial charge in [0.1, 0.15) is 0 Å². The van der Waals surface area contributed by atoms with Crippen molar-refractivity contribution in [1.82, 2.24) is 15.1 Å². The Morgan fingerprint density at radius 2 is 1.78 bits per heavy atom. The number of piperazine rings is 1. The zero-order valence-electron chi connectivity index (χ0n) is 16.8. The molecule has 0 aromatic heterocycles. The van der Waals surface area contributed by atoms with Crippen molar-refractivity contribution in [2.45, 2.75) is 31.8 Å². The smallest absolute Gasteiger partial charge is 0.239 e. The third-order valence-corrected chi connectivity index (χ3v) is 5.77. The van der Waals surface area contributed by atoms with Crippen molar-refractivity contribution in [2.75, 3.05) is 64.4 Å². The maximum Gasteiger partial charge on any atom is 0.239 e. The van der Waals surface area contributed by atoms with Crippen LogP contribution < -0.4 is 10.2 Å². The Morgan fingerprint density at radius 3 is 2.41 bits per heavy atom. The maximum absolute atomic E-state index is 12.8. The summed E-state index contributed by atoms with van der Waals surface area (Å²) in [7, 11) is 1.75. The Labute approximate surface area is 163 Å². The number of carbonyl (C=O) groups is 1. The van der Waals surface area contributed by atoms with E-state index in [0.717, 1.165) is 65.3 Å². The summed E-state index contributed by atoms with van der Waals surface area (Å²) < 4.78 is 5.16. The minimum absolute atomic E-state index is 0.108. The van der Waals surface area contributed by atoms with E-state index in [0.29, 0.717) is 6.04 Å². The summed E-state index contributed by atoms with van der Waals surface area (Å²) in [4.78, 5) is 19.7. The molecule has 1 unspecified atom stereocenters. The first-order valence-electron chi connectivity index (χ1n) is 10.2. The van der Waals surface area contributed by atoms with Crippen LogP contribution >= 0.6 is 0 Å². The molecule has 2 aliphatic rings. The highest BCUT2D eigenvalue weighted by atomic mass is 16.5. The molecule has 2 heterocycles. The number of nitrogens with zero attached hydrogens (tertiary/aromatic N) is 3. The number of carbonyl (C=O) groups excluding carboxylic acids is 1. The molecule has 3 rings (SSSR count). The molecule has 2 aliphatic heterocycles. The van der Waals surface area contributed by atoms with Gasteiger partial charge < -0.3 is 24.8 Å².